The number of rotatable bonds is 7. The van der Waals surface area contributed by atoms with Crippen molar-refractivity contribution in [2.24, 2.45) is 0 Å². The van der Waals surface area contributed by atoms with Gasteiger partial charge < -0.3 is 14.4 Å². The summed E-state index contributed by atoms with van der Waals surface area (Å²) in [6.07, 6.45) is 1.31. The molecule has 36 heavy (non-hydrogen) atoms. The van der Waals surface area contributed by atoms with Gasteiger partial charge in [0.25, 0.3) is 0 Å². The molecule has 0 N–H and O–H groups in total. The molecule has 0 amide bonds. The van der Waals surface area contributed by atoms with E-state index in [0.29, 0.717) is 18.8 Å². The summed E-state index contributed by atoms with van der Waals surface area (Å²) in [7, 11) is 0. The molecule has 4 aromatic rings. The van der Waals surface area contributed by atoms with Crippen LogP contribution in [0.3, 0.4) is 0 Å². The summed E-state index contributed by atoms with van der Waals surface area (Å²) >= 11 is 1.58. The molecule has 1 atom stereocenters. The molecule has 2 aliphatic rings. The molecule has 1 saturated heterocycles. The van der Waals surface area contributed by atoms with E-state index in [4.69, 9.17) is 13.8 Å². The Kier molecular flexibility index (Phi) is 6.57. The monoisotopic (exact) mass is 499 g/mol. The molecular formula is C29H29N3O3S. The van der Waals surface area contributed by atoms with Crippen LogP contribution in [-0.2, 0) is 4.79 Å². The lowest BCUT2D eigenvalue weighted by atomic mass is 9.86. The molecule has 0 spiro atoms. The maximum Gasteiger partial charge on any atom is 0.312 e. The van der Waals surface area contributed by atoms with E-state index in [9.17, 15) is 4.79 Å². The van der Waals surface area contributed by atoms with Gasteiger partial charge in [0.1, 0.15) is 17.3 Å². The van der Waals surface area contributed by atoms with Gasteiger partial charge in [0.2, 0.25) is 0 Å². The minimum atomic E-state index is -0.196. The number of esters is 1. The molecule has 1 unspecified atom stereocenters. The highest BCUT2D eigenvalue weighted by Gasteiger charge is 2.28. The Morgan fingerprint density at radius 1 is 0.972 bits per heavy atom. The number of piperazine rings is 1. The fourth-order valence-corrected chi connectivity index (χ4v) is 5.96. The third-order valence-electron chi connectivity index (χ3n) is 7.07. The van der Waals surface area contributed by atoms with Crippen molar-refractivity contribution in [2.75, 3.05) is 44.2 Å². The third kappa shape index (κ3) is 4.81. The summed E-state index contributed by atoms with van der Waals surface area (Å²) in [5, 5.41) is 1.26. The summed E-state index contributed by atoms with van der Waals surface area (Å²) in [6, 6.07) is 24.5. The molecule has 184 valence electrons. The Hall–Kier alpha value is -3.42. The van der Waals surface area contributed by atoms with Gasteiger partial charge in [0, 0.05) is 55.7 Å². The Bertz CT molecular complexity index is 1350. The fraction of sp³-hybridized carbons (Fsp3) is 0.310. The van der Waals surface area contributed by atoms with Crippen molar-refractivity contribution in [1.82, 2.24) is 9.27 Å². The smallest absolute Gasteiger partial charge is 0.312 e. The van der Waals surface area contributed by atoms with Gasteiger partial charge in [-0.15, -0.1) is 0 Å². The second kappa shape index (κ2) is 10.3. The van der Waals surface area contributed by atoms with Gasteiger partial charge in [-0.3, -0.25) is 9.69 Å². The van der Waals surface area contributed by atoms with Crippen molar-refractivity contribution >= 4 is 33.4 Å². The highest BCUT2D eigenvalue weighted by molar-refractivity contribution is 7.13. The molecule has 2 aliphatic heterocycles. The van der Waals surface area contributed by atoms with Crippen LogP contribution in [0.5, 0.6) is 11.5 Å². The first-order chi connectivity index (χ1) is 17.7. The number of aromatic nitrogens is 1. The number of fused-ring (bicyclic) bond motifs is 2. The molecule has 3 aromatic carbocycles. The van der Waals surface area contributed by atoms with Crippen LogP contribution in [0.2, 0.25) is 0 Å². The van der Waals surface area contributed by atoms with Crippen LogP contribution in [0, 0.1) is 0 Å². The lowest BCUT2D eigenvalue weighted by molar-refractivity contribution is -0.135. The molecular weight excluding hydrogens is 470 g/mol. The van der Waals surface area contributed by atoms with Gasteiger partial charge in [0.15, 0.2) is 0 Å². The van der Waals surface area contributed by atoms with Gasteiger partial charge in [-0.1, -0.05) is 48.5 Å². The number of carbonyl (C=O) groups excluding carboxylic acids is 1. The number of anilines is 1. The molecule has 3 heterocycles. The van der Waals surface area contributed by atoms with Crippen LogP contribution in [0.25, 0.3) is 10.1 Å². The zero-order valence-electron chi connectivity index (χ0n) is 20.1. The second-order valence-corrected chi connectivity index (χ2v) is 10.2. The molecule has 0 bridgehead atoms. The highest BCUT2D eigenvalue weighted by atomic mass is 32.1. The molecule has 0 radical (unpaired) electrons. The zero-order valence-corrected chi connectivity index (χ0v) is 21.0. The van der Waals surface area contributed by atoms with Crippen LogP contribution in [-0.4, -0.2) is 54.6 Å². The number of hydrogen-bond acceptors (Lipinski definition) is 7. The zero-order chi connectivity index (χ0) is 24.3. The quantitative estimate of drug-likeness (QED) is 0.195. The first-order valence-electron chi connectivity index (χ1n) is 12.6. The number of nitrogens with zero attached hydrogens (tertiary/aromatic N) is 3. The topological polar surface area (TPSA) is 54.9 Å². The largest absolute Gasteiger partial charge is 0.493 e. The van der Waals surface area contributed by atoms with E-state index in [1.165, 1.54) is 10.1 Å². The van der Waals surface area contributed by atoms with Gasteiger partial charge >= 0.3 is 5.97 Å². The van der Waals surface area contributed by atoms with Crippen molar-refractivity contribution < 1.29 is 14.3 Å². The predicted molar refractivity (Wildman–Crippen MR) is 143 cm³/mol. The van der Waals surface area contributed by atoms with Crippen LogP contribution in [0.15, 0.2) is 72.8 Å². The summed E-state index contributed by atoms with van der Waals surface area (Å²) in [6.45, 7) is 5.68. The molecule has 6 rings (SSSR count). The lowest BCUT2D eigenvalue weighted by Gasteiger charge is -2.35. The van der Waals surface area contributed by atoms with Gasteiger partial charge in [0.05, 0.1) is 17.7 Å². The van der Waals surface area contributed by atoms with E-state index in [2.05, 4.69) is 46.2 Å². The lowest BCUT2D eigenvalue weighted by Crippen LogP contribution is -2.47. The van der Waals surface area contributed by atoms with E-state index in [1.807, 2.05) is 36.4 Å². The van der Waals surface area contributed by atoms with Gasteiger partial charge in [-0.05, 0) is 41.7 Å². The maximum atomic E-state index is 12.2. The van der Waals surface area contributed by atoms with Crippen LogP contribution >= 0.6 is 11.5 Å². The van der Waals surface area contributed by atoms with Crippen LogP contribution in [0.4, 0.5) is 5.82 Å². The summed E-state index contributed by atoms with van der Waals surface area (Å²) in [5.74, 6) is 2.32. The minimum absolute atomic E-state index is 0.0254. The average molecular weight is 500 g/mol. The van der Waals surface area contributed by atoms with Crippen molar-refractivity contribution in [3.8, 4) is 11.5 Å². The second-order valence-electron chi connectivity index (χ2n) is 9.37. The van der Waals surface area contributed by atoms with Crippen molar-refractivity contribution in [2.45, 2.75) is 18.8 Å². The van der Waals surface area contributed by atoms with Crippen molar-refractivity contribution in [3.63, 3.8) is 0 Å². The van der Waals surface area contributed by atoms with Crippen molar-refractivity contribution in [3.05, 3.63) is 83.9 Å². The summed E-state index contributed by atoms with van der Waals surface area (Å²) in [5.41, 5.74) is 2.17. The Morgan fingerprint density at radius 3 is 2.64 bits per heavy atom. The Labute approximate surface area is 215 Å². The van der Waals surface area contributed by atoms with Gasteiger partial charge in [-0.25, -0.2) is 0 Å². The van der Waals surface area contributed by atoms with Crippen LogP contribution < -0.4 is 14.4 Å². The van der Waals surface area contributed by atoms with E-state index < -0.39 is 0 Å². The molecule has 1 fully saturated rings. The molecule has 0 aliphatic carbocycles. The predicted octanol–water partition coefficient (Wildman–Crippen LogP) is 5.33. The first kappa shape index (κ1) is 23.0. The van der Waals surface area contributed by atoms with Crippen molar-refractivity contribution in [1.29, 1.82) is 0 Å². The first-order valence-corrected chi connectivity index (χ1v) is 13.4. The Morgan fingerprint density at radius 2 is 1.78 bits per heavy atom. The molecule has 7 heteroatoms. The standard InChI is InChI=1S/C29H29N3O3S/c33-28-20-25(21-7-2-1-3-8-21)23-12-11-22(19-26(23)35-28)34-18-6-13-31-14-16-32(17-15-31)29-24-9-4-5-10-27(24)36-30-29/h1-5,7-12,19,25H,6,13-18,20H2. The molecule has 6 nitrogen and oxygen atoms in total. The molecule has 0 saturated carbocycles. The Balaban J connectivity index is 0.999. The van der Waals surface area contributed by atoms with E-state index >= 15 is 0 Å². The summed E-state index contributed by atoms with van der Waals surface area (Å²) < 4.78 is 17.5. The van der Waals surface area contributed by atoms with E-state index in [0.717, 1.165) is 61.8 Å². The molecule has 1 aromatic heterocycles. The minimum Gasteiger partial charge on any atom is -0.493 e. The van der Waals surface area contributed by atoms with Crippen LogP contribution in [0.1, 0.15) is 29.9 Å². The number of ether oxygens (including phenoxy) is 2. The number of hydrogen-bond donors (Lipinski definition) is 0. The average Bonchev–Trinajstić information content (AvgIpc) is 3.35. The van der Waals surface area contributed by atoms with Gasteiger partial charge in [-0.2, -0.15) is 4.37 Å². The normalized spacial score (nSPS) is 18.2. The summed E-state index contributed by atoms with van der Waals surface area (Å²) in [4.78, 5) is 17.1. The SMILES string of the molecule is O=C1CC(c2ccccc2)c2ccc(OCCCN3CCN(c4nsc5ccccc45)CC3)cc2O1. The van der Waals surface area contributed by atoms with E-state index in [1.54, 1.807) is 11.5 Å². The number of benzene rings is 3. The number of carbonyl (C=O) groups is 1. The van der Waals surface area contributed by atoms with E-state index in [-0.39, 0.29) is 11.9 Å². The fourth-order valence-electron chi connectivity index (χ4n) is 5.17. The maximum absolute atomic E-state index is 12.2. The third-order valence-corrected chi connectivity index (χ3v) is 7.89. The highest BCUT2D eigenvalue weighted by Crippen LogP contribution is 2.40.